The van der Waals surface area contributed by atoms with Gasteiger partial charge in [0.1, 0.15) is 6.61 Å². The molecular formula is C25H30N4O4. The van der Waals surface area contributed by atoms with Crippen LogP contribution in [-0.2, 0) is 32.1 Å². The highest BCUT2D eigenvalue weighted by molar-refractivity contribution is 5.88. The summed E-state index contributed by atoms with van der Waals surface area (Å²) in [5.74, 6) is -0.950. The number of Topliss-reactive ketones (excluding diaryl/α,β-unsaturated/α-hetero) is 1. The van der Waals surface area contributed by atoms with Crippen molar-refractivity contribution in [2.45, 2.75) is 38.5 Å². The van der Waals surface area contributed by atoms with Crippen LogP contribution >= 0.6 is 0 Å². The number of H-pyrrole nitrogens is 1. The fourth-order valence-corrected chi connectivity index (χ4v) is 3.51. The molecule has 0 fully saturated rings. The maximum Gasteiger partial charge on any atom is 0.320 e. The summed E-state index contributed by atoms with van der Waals surface area (Å²) in [7, 11) is 0. The molecule has 33 heavy (non-hydrogen) atoms. The minimum Gasteiger partial charge on any atom is -0.460 e. The molecule has 1 amide bonds. The average Bonchev–Trinajstić information content (AvgIpc) is 3.25. The van der Waals surface area contributed by atoms with E-state index in [0.717, 1.165) is 22.0 Å². The Hall–Kier alpha value is -3.49. The van der Waals surface area contributed by atoms with Crippen molar-refractivity contribution in [3.8, 4) is 0 Å². The zero-order valence-corrected chi connectivity index (χ0v) is 18.7. The lowest BCUT2D eigenvalue weighted by atomic mass is 10.0. The molecule has 3 rings (SSSR count). The monoisotopic (exact) mass is 450 g/mol. The van der Waals surface area contributed by atoms with Gasteiger partial charge in [-0.25, -0.2) is 0 Å². The molecule has 8 nitrogen and oxygen atoms in total. The number of aromatic amines is 1. The summed E-state index contributed by atoms with van der Waals surface area (Å²) < 4.78 is 5.23. The van der Waals surface area contributed by atoms with E-state index in [9.17, 15) is 14.4 Å². The maximum absolute atomic E-state index is 12.5. The molecule has 174 valence electrons. The van der Waals surface area contributed by atoms with E-state index in [1.165, 1.54) is 0 Å². The first-order valence-electron chi connectivity index (χ1n) is 11.0. The molecule has 2 atom stereocenters. The van der Waals surface area contributed by atoms with Crippen LogP contribution in [0.5, 0.6) is 0 Å². The number of benzene rings is 2. The number of rotatable bonds is 12. The molecule has 0 bridgehead atoms. The van der Waals surface area contributed by atoms with Gasteiger partial charge in [0, 0.05) is 30.1 Å². The number of para-hydroxylation sites is 1. The fourth-order valence-electron chi connectivity index (χ4n) is 3.51. The zero-order chi connectivity index (χ0) is 23.6. The lowest BCUT2D eigenvalue weighted by Crippen LogP contribution is -2.51. The van der Waals surface area contributed by atoms with Crippen LogP contribution in [0, 0.1) is 0 Å². The highest BCUT2D eigenvalue weighted by atomic mass is 16.5. The first kappa shape index (κ1) is 24.2. The van der Waals surface area contributed by atoms with E-state index in [1.807, 2.05) is 60.8 Å². The molecule has 0 aliphatic carbocycles. The molecule has 1 heterocycles. The number of amides is 1. The van der Waals surface area contributed by atoms with Crippen LogP contribution < -0.4 is 16.4 Å². The summed E-state index contributed by atoms with van der Waals surface area (Å²) in [5, 5.41) is 6.64. The number of ether oxygens (including phenoxy) is 1. The fraction of sp³-hybridized carbons (Fsp3) is 0.320. The van der Waals surface area contributed by atoms with Gasteiger partial charge >= 0.3 is 5.97 Å². The van der Waals surface area contributed by atoms with Gasteiger partial charge in [0.05, 0.1) is 18.6 Å². The third-order valence-electron chi connectivity index (χ3n) is 5.40. The number of nitrogens with two attached hydrogens (primary N) is 1. The second-order valence-corrected chi connectivity index (χ2v) is 7.81. The van der Waals surface area contributed by atoms with Crippen LogP contribution in [0.3, 0.4) is 0 Å². The molecule has 1 unspecified atom stereocenters. The highest BCUT2D eigenvalue weighted by Gasteiger charge is 2.21. The van der Waals surface area contributed by atoms with Crippen LogP contribution in [0.15, 0.2) is 60.8 Å². The molecule has 0 aliphatic rings. The largest absolute Gasteiger partial charge is 0.460 e. The van der Waals surface area contributed by atoms with Gasteiger partial charge in [0.2, 0.25) is 5.91 Å². The number of hydrogen-bond donors (Lipinski definition) is 4. The van der Waals surface area contributed by atoms with Crippen molar-refractivity contribution in [1.29, 1.82) is 0 Å². The Bertz CT molecular complexity index is 1080. The Morgan fingerprint density at radius 1 is 1.06 bits per heavy atom. The summed E-state index contributed by atoms with van der Waals surface area (Å²) in [4.78, 5) is 40.1. The Morgan fingerprint density at radius 3 is 2.55 bits per heavy atom. The Kier molecular flexibility index (Phi) is 8.74. The Morgan fingerprint density at radius 2 is 1.79 bits per heavy atom. The smallest absolute Gasteiger partial charge is 0.320 e. The topological polar surface area (TPSA) is 126 Å². The van der Waals surface area contributed by atoms with Gasteiger partial charge in [0.15, 0.2) is 5.78 Å². The van der Waals surface area contributed by atoms with Gasteiger partial charge in [-0.05, 0) is 23.6 Å². The van der Waals surface area contributed by atoms with E-state index in [4.69, 9.17) is 10.5 Å². The predicted molar refractivity (Wildman–Crippen MR) is 126 cm³/mol. The molecule has 0 aliphatic heterocycles. The van der Waals surface area contributed by atoms with Crippen LogP contribution in [0.4, 0.5) is 0 Å². The number of hydrogen-bond acceptors (Lipinski definition) is 6. The van der Waals surface area contributed by atoms with Crippen LogP contribution in [0.25, 0.3) is 10.9 Å². The van der Waals surface area contributed by atoms with E-state index in [0.29, 0.717) is 6.42 Å². The summed E-state index contributed by atoms with van der Waals surface area (Å²) in [5.41, 5.74) is 8.92. The number of nitrogens with one attached hydrogen (secondary N) is 3. The van der Waals surface area contributed by atoms with Gasteiger partial charge in [-0.15, -0.1) is 0 Å². The average molecular weight is 451 g/mol. The second kappa shape index (κ2) is 11.9. The van der Waals surface area contributed by atoms with E-state index in [-0.39, 0.29) is 37.8 Å². The van der Waals surface area contributed by atoms with Crippen molar-refractivity contribution < 1.29 is 19.1 Å². The summed E-state index contributed by atoms with van der Waals surface area (Å²) in [6, 6.07) is 15.7. The number of ketones is 1. The van der Waals surface area contributed by atoms with Gasteiger partial charge in [-0.3, -0.25) is 19.7 Å². The third-order valence-corrected chi connectivity index (χ3v) is 5.40. The van der Waals surface area contributed by atoms with Crippen LogP contribution in [-0.4, -0.2) is 47.8 Å². The quantitative estimate of drug-likeness (QED) is 0.312. The summed E-state index contributed by atoms with van der Waals surface area (Å²) >= 11 is 0. The molecule has 0 saturated heterocycles. The number of fused-ring (bicyclic) bond motifs is 1. The lowest BCUT2D eigenvalue weighted by Gasteiger charge is -2.19. The molecule has 0 radical (unpaired) electrons. The second-order valence-electron chi connectivity index (χ2n) is 7.81. The van der Waals surface area contributed by atoms with Crippen molar-refractivity contribution in [3.05, 3.63) is 71.9 Å². The SMILES string of the molecule is CCC(=O)[C@H](CNC(=O)C(N)Cc1c[nH]c2ccccc12)NCC(=O)OCc1ccccc1. The third kappa shape index (κ3) is 7.00. The molecule has 1 aromatic heterocycles. The van der Waals surface area contributed by atoms with Gasteiger partial charge < -0.3 is 20.8 Å². The molecular weight excluding hydrogens is 420 g/mol. The van der Waals surface area contributed by atoms with Crippen molar-refractivity contribution in [2.75, 3.05) is 13.1 Å². The molecule has 0 spiro atoms. The molecule has 8 heteroatoms. The number of esters is 1. The van der Waals surface area contributed by atoms with E-state index >= 15 is 0 Å². The molecule has 2 aromatic carbocycles. The molecule has 5 N–H and O–H groups in total. The minimum atomic E-state index is -0.766. The van der Waals surface area contributed by atoms with Crippen molar-refractivity contribution in [2.24, 2.45) is 5.73 Å². The Balaban J connectivity index is 1.47. The van der Waals surface area contributed by atoms with Crippen LogP contribution in [0.1, 0.15) is 24.5 Å². The number of aromatic nitrogens is 1. The lowest BCUT2D eigenvalue weighted by molar-refractivity contribution is -0.144. The zero-order valence-electron chi connectivity index (χ0n) is 18.7. The maximum atomic E-state index is 12.5. The van der Waals surface area contributed by atoms with Crippen molar-refractivity contribution >= 4 is 28.6 Å². The van der Waals surface area contributed by atoms with Crippen molar-refractivity contribution in [3.63, 3.8) is 0 Å². The first-order chi connectivity index (χ1) is 16.0. The summed E-state index contributed by atoms with van der Waals surface area (Å²) in [6.07, 6.45) is 2.49. The van der Waals surface area contributed by atoms with Gasteiger partial charge in [0.25, 0.3) is 0 Å². The van der Waals surface area contributed by atoms with E-state index < -0.39 is 18.1 Å². The predicted octanol–water partition coefficient (Wildman–Crippen LogP) is 1.83. The van der Waals surface area contributed by atoms with E-state index in [1.54, 1.807) is 6.92 Å². The summed E-state index contributed by atoms with van der Waals surface area (Å²) in [6.45, 7) is 1.79. The highest BCUT2D eigenvalue weighted by Crippen LogP contribution is 2.18. The van der Waals surface area contributed by atoms with E-state index in [2.05, 4.69) is 15.6 Å². The van der Waals surface area contributed by atoms with Crippen molar-refractivity contribution in [1.82, 2.24) is 15.6 Å². The van der Waals surface area contributed by atoms with Gasteiger partial charge in [-0.1, -0.05) is 55.5 Å². The Labute approximate surface area is 192 Å². The normalized spacial score (nSPS) is 12.8. The minimum absolute atomic E-state index is 0.0407. The molecule has 3 aromatic rings. The number of carbonyl (C=O) groups is 3. The first-order valence-corrected chi connectivity index (χ1v) is 11.0. The van der Waals surface area contributed by atoms with Gasteiger partial charge in [-0.2, -0.15) is 0 Å². The standard InChI is InChI=1S/C25H30N4O4/c1-2-23(30)22(28-15-24(31)33-16-17-8-4-3-5-9-17)14-29-25(32)20(26)12-18-13-27-21-11-7-6-10-19(18)21/h3-11,13,20,22,27-28H,2,12,14-16,26H2,1H3,(H,29,32)/t20?,22-/m0/s1. The number of carbonyl (C=O) groups excluding carboxylic acids is 3. The molecule has 0 saturated carbocycles. The van der Waals surface area contributed by atoms with Crippen LogP contribution in [0.2, 0.25) is 0 Å².